The minimum atomic E-state index is -4.24. The van der Waals surface area contributed by atoms with Crippen LogP contribution in [0.1, 0.15) is 66.6 Å². The van der Waals surface area contributed by atoms with Crippen LogP contribution in [0.3, 0.4) is 0 Å². The van der Waals surface area contributed by atoms with Crippen molar-refractivity contribution >= 4 is 38.7 Å². The Morgan fingerprint density at radius 1 is 0.871 bits per heavy atom. The third kappa shape index (κ3) is 8.44. The molecule has 0 saturated carbocycles. The molecule has 2 fully saturated rings. The molecule has 0 radical (unpaired) electrons. The third-order valence-electron chi connectivity index (χ3n) is 12.6. The summed E-state index contributed by atoms with van der Waals surface area (Å²) in [5.41, 5.74) is 1.86. The standard InChI is InChI=1S/C47H48F2N6O6S/c1-30-37(26-34(48)27-40(30)52-44(56)36-14-13-33(25-39(36)49)46(2,3)59)42-38-28-41(55(43(38)51-29-50-42)62(60,61)35-7-5-4-6-8-35)32-11-9-31(10-12-32)15-20-53-21-16-47(17-22-53)18-23-54(24-19-47)45(57)58/h4-14,25-29,59H,15-24H2,1-3H3,(H,52,56)(H,57,58). The normalized spacial score (nSPS) is 15.9. The van der Waals surface area contributed by atoms with Crippen LogP contribution in [0.2, 0.25) is 0 Å². The number of nitrogens with one attached hydrogen (secondary N) is 1. The third-order valence-corrected chi connectivity index (χ3v) is 14.3. The zero-order chi connectivity index (χ0) is 44.0. The number of fused-ring (bicyclic) bond motifs is 1. The monoisotopic (exact) mass is 862 g/mol. The first-order chi connectivity index (χ1) is 29.5. The molecule has 0 aliphatic carbocycles. The van der Waals surface area contributed by atoms with Gasteiger partial charge in [0.25, 0.3) is 15.9 Å². The molecule has 0 atom stereocenters. The second-order valence-corrected chi connectivity index (χ2v) is 18.8. The van der Waals surface area contributed by atoms with Gasteiger partial charge in [-0.15, -0.1) is 0 Å². The molecule has 62 heavy (non-hydrogen) atoms. The molecule has 0 bridgehead atoms. The lowest BCUT2D eigenvalue weighted by Crippen LogP contribution is -2.48. The number of hydrogen-bond donors (Lipinski definition) is 3. The molecule has 12 nitrogen and oxygen atoms in total. The largest absolute Gasteiger partial charge is 0.465 e. The number of piperidine rings is 2. The van der Waals surface area contributed by atoms with Crippen LogP contribution in [0.25, 0.3) is 33.5 Å². The van der Waals surface area contributed by atoms with Gasteiger partial charge in [0.1, 0.15) is 18.0 Å². The van der Waals surface area contributed by atoms with Gasteiger partial charge in [0, 0.05) is 36.3 Å². The van der Waals surface area contributed by atoms with Crippen molar-refractivity contribution in [3.05, 3.63) is 131 Å². The van der Waals surface area contributed by atoms with E-state index in [0.717, 1.165) is 69.4 Å². The SMILES string of the molecule is Cc1c(NC(=O)c2ccc(C(C)(C)O)cc2F)cc(F)cc1-c1ncnc2c1cc(-c1ccc(CCN3CCC4(CC3)CCN(C(=O)O)CC4)cc1)n2S(=O)(=O)c1ccccc1. The minimum absolute atomic E-state index is 0.0426. The second kappa shape index (κ2) is 16.7. The predicted octanol–water partition coefficient (Wildman–Crippen LogP) is 8.47. The van der Waals surface area contributed by atoms with E-state index in [4.69, 9.17) is 0 Å². The van der Waals surface area contributed by atoms with Crippen LogP contribution in [0.15, 0.2) is 102 Å². The van der Waals surface area contributed by atoms with E-state index >= 15 is 8.78 Å². The number of amides is 2. The molecule has 322 valence electrons. The van der Waals surface area contributed by atoms with Crippen molar-refractivity contribution < 1.29 is 37.0 Å². The fraction of sp³-hybridized carbons (Fsp3) is 0.319. The van der Waals surface area contributed by atoms with E-state index in [1.54, 1.807) is 31.2 Å². The van der Waals surface area contributed by atoms with Gasteiger partial charge in [0.05, 0.1) is 27.4 Å². The maximum Gasteiger partial charge on any atom is 0.407 e. The molecule has 2 aliphatic rings. The van der Waals surface area contributed by atoms with Crippen molar-refractivity contribution in [2.24, 2.45) is 5.41 Å². The van der Waals surface area contributed by atoms with Crippen LogP contribution < -0.4 is 5.32 Å². The highest BCUT2D eigenvalue weighted by atomic mass is 32.2. The van der Waals surface area contributed by atoms with Crippen LogP contribution in [0.4, 0.5) is 19.3 Å². The summed E-state index contributed by atoms with van der Waals surface area (Å²) in [4.78, 5) is 37.7. The number of hydrogen-bond acceptors (Lipinski definition) is 8. The summed E-state index contributed by atoms with van der Waals surface area (Å²) >= 11 is 0. The van der Waals surface area contributed by atoms with Gasteiger partial charge in [-0.2, -0.15) is 0 Å². The van der Waals surface area contributed by atoms with Gasteiger partial charge in [0.2, 0.25) is 0 Å². The van der Waals surface area contributed by atoms with E-state index in [2.05, 4.69) is 20.2 Å². The Kier molecular flexibility index (Phi) is 11.5. The van der Waals surface area contributed by atoms with Crippen LogP contribution in [-0.2, 0) is 22.0 Å². The number of aromatic nitrogens is 3. The summed E-state index contributed by atoms with van der Waals surface area (Å²) in [6.45, 7) is 8.61. The number of aliphatic hydroxyl groups is 1. The maximum absolute atomic E-state index is 15.5. The van der Waals surface area contributed by atoms with Crippen LogP contribution >= 0.6 is 0 Å². The maximum atomic E-state index is 15.5. The number of rotatable bonds is 10. The van der Waals surface area contributed by atoms with Gasteiger partial charge in [-0.1, -0.05) is 48.5 Å². The Labute approximate surface area is 358 Å². The zero-order valence-electron chi connectivity index (χ0n) is 34.7. The molecule has 4 heterocycles. The summed E-state index contributed by atoms with van der Waals surface area (Å²) in [5, 5.41) is 22.6. The number of likely N-dealkylation sites (tertiary alicyclic amines) is 2. The molecule has 8 rings (SSSR count). The molecule has 0 unspecified atom stereocenters. The summed E-state index contributed by atoms with van der Waals surface area (Å²) in [6.07, 6.45) is 5.07. The highest BCUT2D eigenvalue weighted by Crippen LogP contribution is 2.42. The molecule has 6 aromatic rings. The highest BCUT2D eigenvalue weighted by molar-refractivity contribution is 7.90. The lowest BCUT2D eigenvalue weighted by molar-refractivity contribution is 0.0368. The van der Waals surface area contributed by atoms with E-state index in [-0.39, 0.29) is 44.0 Å². The van der Waals surface area contributed by atoms with Gasteiger partial charge >= 0.3 is 6.09 Å². The number of anilines is 1. The predicted molar refractivity (Wildman–Crippen MR) is 232 cm³/mol. The Bertz CT molecular complexity index is 2770. The number of carbonyl (C=O) groups excluding carboxylic acids is 1. The summed E-state index contributed by atoms with van der Waals surface area (Å²) in [7, 11) is -4.24. The van der Waals surface area contributed by atoms with Crippen molar-refractivity contribution in [3.63, 3.8) is 0 Å². The molecule has 15 heteroatoms. The fourth-order valence-electron chi connectivity index (χ4n) is 8.72. The molecule has 2 aromatic heterocycles. The molecule has 2 aliphatic heterocycles. The summed E-state index contributed by atoms with van der Waals surface area (Å²) in [6, 6.07) is 23.5. The average molecular weight is 863 g/mol. The van der Waals surface area contributed by atoms with Gasteiger partial charge < -0.3 is 25.3 Å². The first-order valence-electron chi connectivity index (χ1n) is 20.6. The number of carbonyl (C=O) groups is 2. The van der Waals surface area contributed by atoms with Crippen molar-refractivity contribution in [3.8, 4) is 22.5 Å². The second-order valence-electron chi connectivity index (χ2n) is 17.0. The number of carboxylic acid groups (broad SMARTS) is 1. The Morgan fingerprint density at radius 3 is 2.19 bits per heavy atom. The van der Waals surface area contributed by atoms with Crippen molar-refractivity contribution in [1.29, 1.82) is 0 Å². The molecular formula is C47H48F2N6O6S. The van der Waals surface area contributed by atoms with Gasteiger partial charge in [-0.05, 0) is 136 Å². The molecule has 2 saturated heterocycles. The summed E-state index contributed by atoms with van der Waals surface area (Å²) in [5.74, 6) is -2.41. The molecular weight excluding hydrogens is 815 g/mol. The Morgan fingerprint density at radius 2 is 1.55 bits per heavy atom. The Balaban J connectivity index is 1.09. The van der Waals surface area contributed by atoms with E-state index in [9.17, 15) is 28.2 Å². The first-order valence-corrected chi connectivity index (χ1v) is 22.1. The lowest BCUT2D eigenvalue weighted by atomic mass is 9.71. The van der Waals surface area contributed by atoms with E-state index in [1.807, 2.05) is 24.3 Å². The molecule has 2 amide bonds. The van der Waals surface area contributed by atoms with E-state index < -0.39 is 39.3 Å². The topological polar surface area (TPSA) is 158 Å². The molecule has 1 spiro atoms. The number of halogens is 2. The summed E-state index contributed by atoms with van der Waals surface area (Å²) < 4.78 is 60.8. The minimum Gasteiger partial charge on any atom is -0.465 e. The first kappa shape index (κ1) is 42.7. The van der Waals surface area contributed by atoms with Gasteiger partial charge in [-0.3, -0.25) is 4.79 Å². The van der Waals surface area contributed by atoms with Crippen LogP contribution in [0, 0.1) is 24.0 Å². The van der Waals surface area contributed by atoms with Crippen molar-refractivity contribution in [2.75, 3.05) is 38.0 Å². The lowest BCUT2D eigenvalue weighted by Gasteiger charge is -2.46. The highest BCUT2D eigenvalue weighted by Gasteiger charge is 2.38. The zero-order valence-corrected chi connectivity index (χ0v) is 35.6. The fourth-order valence-corrected chi connectivity index (χ4v) is 10.2. The Hall–Kier alpha value is -6.03. The van der Waals surface area contributed by atoms with Crippen molar-refractivity contribution in [1.82, 2.24) is 23.7 Å². The van der Waals surface area contributed by atoms with Gasteiger partial charge in [0.15, 0.2) is 5.65 Å². The molecule has 4 aromatic carbocycles. The smallest absolute Gasteiger partial charge is 0.407 e. The van der Waals surface area contributed by atoms with E-state index in [1.165, 1.54) is 59.4 Å². The molecule has 3 N–H and O–H groups in total. The van der Waals surface area contributed by atoms with E-state index in [0.29, 0.717) is 35.3 Å². The number of benzene rings is 4. The average Bonchev–Trinajstić information content (AvgIpc) is 3.66. The number of nitrogens with zero attached hydrogens (tertiary/aromatic N) is 5. The van der Waals surface area contributed by atoms with Crippen LogP contribution in [0.5, 0.6) is 0 Å². The van der Waals surface area contributed by atoms with Crippen molar-refractivity contribution in [2.45, 2.75) is 63.4 Å². The van der Waals surface area contributed by atoms with Gasteiger partial charge in [-0.25, -0.2) is 35.9 Å². The quantitative estimate of drug-likeness (QED) is 0.123. The van der Waals surface area contributed by atoms with Crippen LogP contribution in [-0.4, -0.2) is 87.1 Å².